The van der Waals surface area contributed by atoms with Crippen LogP contribution in [0.15, 0.2) is 85.3 Å². The Hall–Kier alpha value is -4.37. The number of benzene rings is 3. The van der Waals surface area contributed by atoms with E-state index in [0.717, 1.165) is 0 Å². The van der Waals surface area contributed by atoms with Crippen LogP contribution in [0, 0.1) is 5.82 Å². The van der Waals surface area contributed by atoms with Gasteiger partial charge in [-0.25, -0.2) is 14.4 Å². The third-order valence-electron chi connectivity index (χ3n) is 7.05. The SMILES string of the molecule is CCC(=O)c1nc2ccc(C(O)(c3ccc(F)cc3)c3cncn3C)cc2c(C(F)(F)F)c1Cc1ccccc1. The number of aromatic nitrogens is 3. The fourth-order valence-corrected chi connectivity index (χ4v) is 5.08. The topological polar surface area (TPSA) is 68.0 Å². The number of ketones is 1. The van der Waals surface area contributed by atoms with Crippen LogP contribution in [0.5, 0.6) is 0 Å². The van der Waals surface area contributed by atoms with Gasteiger partial charge in [0, 0.05) is 25.3 Å². The van der Waals surface area contributed by atoms with Gasteiger partial charge in [0.15, 0.2) is 11.4 Å². The minimum absolute atomic E-state index is 0.0134. The lowest BCUT2D eigenvalue weighted by atomic mass is 9.82. The number of imidazole rings is 1. The highest BCUT2D eigenvalue weighted by molar-refractivity contribution is 5.99. The van der Waals surface area contributed by atoms with Crippen LogP contribution in [-0.4, -0.2) is 25.4 Å². The number of carbonyl (C=O) groups excluding carboxylic acids is 1. The highest BCUT2D eigenvalue weighted by atomic mass is 19.4. The first-order chi connectivity index (χ1) is 19.0. The summed E-state index contributed by atoms with van der Waals surface area (Å²) < 4.78 is 60.0. The molecular formula is C31H25F4N3O2. The number of aliphatic hydroxyl groups is 1. The average Bonchev–Trinajstić information content (AvgIpc) is 3.38. The zero-order valence-electron chi connectivity index (χ0n) is 21.7. The highest BCUT2D eigenvalue weighted by Crippen LogP contribution is 2.43. The molecule has 0 saturated heterocycles. The number of alkyl halides is 3. The zero-order chi connectivity index (χ0) is 28.7. The third-order valence-corrected chi connectivity index (χ3v) is 7.05. The number of aryl methyl sites for hydroxylation is 1. The second-order valence-corrected chi connectivity index (χ2v) is 9.59. The molecule has 0 aliphatic carbocycles. The van der Waals surface area contributed by atoms with Gasteiger partial charge < -0.3 is 9.67 Å². The smallest absolute Gasteiger partial charge is 0.374 e. The molecule has 5 rings (SSSR count). The van der Waals surface area contributed by atoms with E-state index in [4.69, 9.17) is 0 Å². The second-order valence-electron chi connectivity index (χ2n) is 9.59. The summed E-state index contributed by atoms with van der Waals surface area (Å²) in [6.45, 7) is 1.58. The predicted octanol–water partition coefficient (Wildman–Crippen LogP) is 6.59. The first-order valence-electron chi connectivity index (χ1n) is 12.6. The van der Waals surface area contributed by atoms with Crippen LogP contribution >= 0.6 is 0 Å². The van der Waals surface area contributed by atoms with Crippen molar-refractivity contribution >= 4 is 16.7 Å². The summed E-state index contributed by atoms with van der Waals surface area (Å²) in [5.41, 5.74) is -2.24. The Kier molecular flexibility index (Phi) is 7.01. The van der Waals surface area contributed by atoms with Crippen molar-refractivity contribution in [3.8, 4) is 0 Å². The van der Waals surface area contributed by atoms with Crippen molar-refractivity contribution < 1.29 is 27.5 Å². The van der Waals surface area contributed by atoms with E-state index in [1.807, 2.05) is 0 Å². The van der Waals surface area contributed by atoms with E-state index in [2.05, 4.69) is 9.97 Å². The molecule has 1 N–H and O–H groups in total. The fourth-order valence-electron chi connectivity index (χ4n) is 5.08. The van der Waals surface area contributed by atoms with E-state index in [1.54, 1.807) is 48.9 Å². The Balaban J connectivity index is 1.84. The summed E-state index contributed by atoms with van der Waals surface area (Å²) in [5.74, 6) is -1.03. The maximum Gasteiger partial charge on any atom is 0.417 e. The van der Waals surface area contributed by atoms with E-state index >= 15 is 0 Å². The molecule has 0 amide bonds. The molecule has 0 radical (unpaired) electrons. The van der Waals surface area contributed by atoms with E-state index in [9.17, 15) is 27.5 Å². The van der Waals surface area contributed by atoms with Gasteiger partial charge in [-0.3, -0.25) is 4.79 Å². The van der Waals surface area contributed by atoms with E-state index in [1.165, 1.54) is 55.0 Å². The van der Waals surface area contributed by atoms with Crippen molar-refractivity contribution in [1.82, 2.24) is 14.5 Å². The summed E-state index contributed by atoms with van der Waals surface area (Å²) in [6, 6.07) is 17.7. The molecule has 5 aromatic rings. The van der Waals surface area contributed by atoms with E-state index in [-0.39, 0.29) is 51.8 Å². The van der Waals surface area contributed by atoms with Gasteiger partial charge in [-0.1, -0.05) is 55.5 Å². The summed E-state index contributed by atoms with van der Waals surface area (Å²) in [7, 11) is 1.64. The third kappa shape index (κ3) is 4.77. The molecule has 0 saturated carbocycles. The number of hydrogen-bond donors (Lipinski definition) is 1. The number of halogens is 4. The average molecular weight is 548 g/mol. The quantitative estimate of drug-likeness (QED) is 0.184. The van der Waals surface area contributed by atoms with Crippen molar-refractivity contribution in [1.29, 1.82) is 0 Å². The number of rotatable bonds is 7. The normalized spacial score (nSPS) is 13.4. The minimum Gasteiger partial charge on any atom is -0.374 e. The number of nitrogens with zero attached hydrogens (tertiary/aromatic N) is 3. The summed E-state index contributed by atoms with van der Waals surface area (Å²) in [5, 5.41) is 11.9. The Morgan fingerprint density at radius 2 is 1.65 bits per heavy atom. The van der Waals surface area contributed by atoms with Gasteiger partial charge in [-0.05, 0) is 46.5 Å². The minimum atomic E-state index is -4.84. The summed E-state index contributed by atoms with van der Waals surface area (Å²) in [4.78, 5) is 21.4. The summed E-state index contributed by atoms with van der Waals surface area (Å²) in [6.07, 6.45) is -2.16. The lowest BCUT2D eigenvalue weighted by Gasteiger charge is -2.30. The number of carbonyl (C=O) groups is 1. The lowest BCUT2D eigenvalue weighted by molar-refractivity contribution is -0.136. The molecule has 2 aromatic heterocycles. The van der Waals surface area contributed by atoms with Crippen molar-refractivity contribution in [2.45, 2.75) is 31.5 Å². The molecule has 1 unspecified atom stereocenters. The van der Waals surface area contributed by atoms with Gasteiger partial charge in [0.25, 0.3) is 0 Å². The van der Waals surface area contributed by atoms with Crippen LogP contribution in [0.25, 0.3) is 10.9 Å². The van der Waals surface area contributed by atoms with Crippen LogP contribution in [0.1, 0.15) is 57.3 Å². The Bertz CT molecular complexity index is 1700. The van der Waals surface area contributed by atoms with Gasteiger partial charge in [0.2, 0.25) is 0 Å². The maximum atomic E-state index is 14.9. The molecule has 2 heterocycles. The van der Waals surface area contributed by atoms with Gasteiger partial charge in [-0.2, -0.15) is 13.2 Å². The van der Waals surface area contributed by atoms with Crippen LogP contribution in [0.3, 0.4) is 0 Å². The van der Waals surface area contributed by atoms with Crippen LogP contribution in [0.2, 0.25) is 0 Å². The molecule has 40 heavy (non-hydrogen) atoms. The molecule has 9 heteroatoms. The first-order valence-corrected chi connectivity index (χ1v) is 12.6. The maximum absolute atomic E-state index is 14.9. The van der Waals surface area contributed by atoms with E-state index in [0.29, 0.717) is 5.56 Å². The fraction of sp³-hybridized carbons (Fsp3) is 0.194. The highest BCUT2D eigenvalue weighted by Gasteiger charge is 2.41. The predicted molar refractivity (Wildman–Crippen MR) is 142 cm³/mol. The van der Waals surface area contributed by atoms with Gasteiger partial charge in [-0.15, -0.1) is 0 Å². The van der Waals surface area contributed by atoms with Crippen molar-refractivity contribution in [2.75, 3.05) is 0 Å². The molecule has 204 valence electrons. The van der Waals surface area contributed by atoms with Crippen molar-refractivity contribution in [3.63, 3.8) is 0 Å². The Labute approximate surface area is 227 Å². The number of Topliss-reactive ketones (excluding diaryl/α,β-unsaturated/α-hetero) is 1. The molecular weight excluding hydrogens is 522 g/mol. The van der Waals surface area contributed by atoms with Crippen molar-refractivity contribution in [2.24, 2.45) is 7.05 Å². The molecule has 0 aliphatic heterocycles. The van der Waals surface area contributed by atoms with Gasteiger partial charge in [0.05, 0.1) is 29.3 Å². The van der Waals surface area contributed by atoms with Gasteiger partial charge in [0.1, 0.15) is 11.5 Å². The lowest BCUT2D eigenvalue weighted by Crippen LogP contribution is -2.31. The number of fused-ring (bicyclic) bond motifs is 1. The second kappa shape index (κ2) is 10.3. The van der Waals surface area contributed by atoms with Crippen molar-refractivity contribution in [3.05, 3.63) is 130 Å². The Morgan fingerprint density at radius 3 is 2.25 bits per heavy atom. The number of hydrogen-bond acceptors (Lipinski definition) is 4. The molecule has 0 spiro atoms. The molecule has 5 nitrogen and oxygen atoms in total. The van der Waals surface area contributed by atoms with E-state index < -0.39 is 28.9 Å². The van der Waals surface area contributed by atoms with Crippen LogP contribution < -0.4 is 0 Å². The van der Waals surface area contributed by atoms with Gasteiger partial charge >= 0.3 is 6.18 Å². The monoisotopic (exact) mass is 547 g/mol. The van der Waals surface area contributed by atoms with Crippen LogP contribution in [-0.2, 0) is 25.2 Å². The first kappa shape index (κ1) is 27.2. The molecule has 0 aliphatic rings. The summed E-state index contributed by atoms with van der Waals surface area (Å²) >= 11 is 0. The molecule has 3 aromatic carbocycles. The molecule has 1 atom stereocenters. The number of pyridine rings is 1. The zero-order valence-corrected chi connectivity index (χ0v) is 21.7. The Morgan fingerprint density at radius 1 is 0.975 bits per heavy atom. The molecule has 0 fully saturated rings. The van der Waals surface area contributed by atoms with Crippen LogP contribution in [0.4, 0.5) is 17.6 Å². The molecule has 0 bridgehead atoms. The standard InChI is InChI=1S/C31H25F4N3O2/c1-3-26(39)29-24(15-19-7-5-4-6-8-19)28(31(33,34)35)23-16-21(11-14-25(23)37-29)30(40,27-17-36-18-38(27)2)20-9-12-22(32)13-10-20/h4-14,16-18,40H,3,15H2,1-2H3. The largest absolute Gasteiger partial charge is 0.417 e.